The van der Waals surface area contributed by atoms with Crippen LogP contribution < -0.4 is 10.1 Å². The maximum atomic E-state index is 13.7. The molecule has 0 aromatic heterocycles. The first kappa shape index (κ1) is 20.1. The smallest absolute Gasteiger partial charge is 0.343 e. The molecule has 0 unspecified atom stereocenters. The molecule has 1 N–H and O–H groups in total. The van der Waals surface area contributed by atoms with E-state index in [0.717, 1.165) is 12.1 Å². The first-order valence-electron chi connectivity index (χ1n) is 7.53. The van der Waals surface area contributed by atoms with Gasteiger partial charge in [0.1, 0.15) is 17.1 Å². The SMILES string of the molecule is COc1cc([N+](=O)[O-])ccc1NC(=O)[C@@H](C)OC(=O)c1c(F)cccc1Cl. The molecule has 10 heteroatoms. The van der Waals surface area contributed by atoms with Crippen LogP contribution in [-0.2, 0) is 9.53 Å². The summed E-state index contributed by atoms with van der Waals surface area (Å²) in [7, 11) is 1.28. The number of carbonyl (C=O) groups is 2. The van der Waals surface area contributed by atoms with Crippen LogP contribution in [0.25, 0.3) is 0 Å². The molecular formula is C17H14ClFN2O6. The zero-order chi connectivity index (χ0) is 20.1. The minimum Gasteiger partial charge on any atom is -0.494 e. The van der Waals surface area contributed by atoms with Crippen LogP contribution in [0.1, 0.15) is 17.3 Å². The van der Waals surface area contributed by atoms with Gasteiger partial charge in [0.2, 0.25) is 0 Å². The van der Waals surface area contributed by atoms with Gasteiger partial charge in [-0.2, -0.15) is 0 Å². The van der Waals surface area contributed by atoms with Crippen molar-refractivity contribution in [2.75, 3.05) is 12.4 Å². The average molecular weight is 397 g/mol. The molecule has 1 amide bonds. The van der Waals surface area contributed by atoms with Crippen molar-refractivity contribution in [3.05, 3.63) is 62.9 Å². The van der Waals surface area contributed by atoms with E-state index in [-0.39, 0.29) is 22.1 Å². The van der Waals surface area contributed by atoms with E-state index < -0.39 is 34.3 Å². The molecule has 0 aliphatic heterocycles. The van der Waals surface area contributed by atoms with Crippen LogP contribution in [0, 0.1) is 15.9 Å². The number of rotatable bonds is 6. The van der Waals surface area contributed by atoms with E-state index in [0.29, 0.717) is 0 Å². The Labute approximate surface area is 158 Å². The number of methoxy groups -OCH3 is 1. The largest absolute Gasteiger partial charge is 0.494 e. The molecule has 0 bridgehead atoms. The number of carbonyl (C=O) groups excluding carboxylic acids is 2. The summed E-state index contributed by atoms with van der Waals surface area (Å²) in [5, 5.41) is 13.1. The van der Waals surface area contributed by atoms with E-state index in [4.69, 9.17) is 21.1 Å². The maximum absolute atomic E-state index is 13.7. The van der Waals surface area contributed by atoms with Crippen molar-refractivity contribution < 1.29 is 28.4 Å². The van der Waals surface area contributed by atoms with Crippen LogP contribution in [0.3, 0.4) is 0 Å². The summed E-state index contributed by atoms with van der Waals surface area (Å²) < 4.78 is 23.7. The third kappa shape index (κ3) is 4.70. The van der Waals surface area contributed by atoms with Crippen LogP contribution in [0.2, 0.25) is 5.02 Å². The summed E-state index contributed by atoms with van der Waals surface area (Å²) >= 11 is 5.78. The van der Waals surface area contributed by atoms with Crippen LogP contribution in [0.4, 0.5) is 15.8 Å². The predicted molar refractivity (Wildman–Crippen MR) is 94.6 cm³/mol. The third-order valence-corrected chi connectivity index (χ3v) is 3.79. The standard InChI is InChI=1S/C17H14ClFN2O6/c1-9(27-17(23)15-11(18)4-3-5-12(15)19)16(22)20-13-7-6-10(21(24)25)8-14(13)26-2/h3-9H,1-2H3,(H,20,22)/t9-/m1/s1. The monoisotopic (exact) mass is 396 g/mol. The predicted octanol–water partition coefficient (Wildman–Crippen LogP) is 3.58. The fourth-order valence-electron chi connectivity index (χ4n) is 2.10. The van der Waals surface area contributed by atoms with E-state index in [1.807, 2.05) is 0 Å². The van der Waals surface area contributed by atoms with Gasteiger partial charge < -0.3 is 14.8 Å². The second kappa shape index (κ2) is 8.45. The van der Waals surface area contributed by atoms with Crippen molar-refractivity contribution in [1.29, 1.82) is 0 Å². The molecule has 0 saturated heterocycles. The minimum atomic E-state index is -1.30. The fraction of sp³-hybridized carbons (Fsp3) is 0.176. The van der Waals surface area contributed by atoms with E-state index >= 15 is 0 Å². The Kier molecular flexibility index (Phi) is 6.30. The van der Waals surface area contributed by atoms with Gasteiger partial charge in [0.25, 0.3) is 11.6 Å². The maximum Gasteiger partial charge on any atom is 0.343 e. The topological polar surface area (TPSA) is 108 Å². The molecule has 0 spiro atoms. The number of hydrogen-bond donors (Lipinski definition) is 1. The number of amides is 1. The first-order valence-corrected chi connectivity index (χ1v) is 7.90. The molecule has 0 aliphatic carbocycles. The Morgan fingerprint density at radius 1 is 1.30 bits per heavy atom. The Morgan fingerprint density at radius 3 is 2.59 bits per heavy atom. The zero-order valence-corrected chi connectivity index (χ0v) is 15.0. The van der Waals surface area contributed by atoms with Crippen LogP contribution in [0.15, 0.2) is 36.4 Å². The number of hydrogen-bond acceptors (Lipinski definition) is 6. The van der Waals surface area contributed by atoms with E-state index in [9.17, 15) is 24.1 Å². The molecule has 2 aromatic carbocycles. The highest BCUT2D eigenvalue weighted by Crippen LogP contribution is 2.29. The third-order valence-electron chi connectivity index (χ3n) is 3.47. The highest BCUT2D eigenvalue weighted by atomic mass is 35.5. The second-order valence-electron chi connectivity index (χ2n) is 5.28. The lowest BCUT2D eigenvalue weighted by molar-refractivity contribution is -0.384. The molecule has 0 saturated carbocycles. The number of nitro benzene ring substituents is 1. The fourth-order valence-corrected chi connectivity index (χ4v) is 2.34. The van der Waals surface area contributed by atoms with Crippen molar-refractivity contribution in [2.45, 2.75) is 13.0 Å². The van der Waals surface area contributed by atoms with Gasteiger partial charge in [-0.1, -0.05) is 17.7 Å². The number of esters is 1. The van der Waals surface area contributed by atoms with Gasteiger partial charge in [0.05, 0.1) is 28.8 Å². The Bertz CT molecular complexity index is 885. The van der Waals surface area contributed by atoms with E-state index in [1.165, 1.54) is 38.3 Å². The van der Waals surface area contributed by atoms with Gasteiger partial charge >= 0.3 is 5.97 Å². The summed E-state index contributed by atoms with van der Waals surface area (Å²) in [6.07, 6.45) is -1.30. The number of halogens is 2. The average Bonchev–Trinajstić information content (AvgIpc) is 2.61. The summed E-state index contributed by atoms with van der Waals surface area (Å²) in [6.45, 7) is 1.28. The number of nitrogens with one attached hydrogen (secondary N) is 1. The van der Waals surface area contributed by atoms with Gasteiger partial charge in [0.15, 0.2) is 6.10 Å². The molecule has 0 radical (unpaired) electrons. The van der Waals surface area contributed by atoms with Gasteiger partial charge in [0, 0.05) is 6.07 Å². The molecule has 1 atom stereocenters. The normalized spacial score (nSPS) is 11.4. The molecule has 142 valence electrons. The molecule has 0 heterocycles. The molecule has 2 aromatic rings. The second-order valence-corrected chi connectivity index (χ2v) is 5.68. The summed E-state index contributed by atoms with van der Waals surface area (Å²) in [6, 6.07) is 7.25. The van der Waals surface area contributed by atoms with Crippen LogP contribution in [0.5, 0.6) is 5.75 Å². The number of ether oxygens (including phenoxy) is 2. The highest BCUT2D eigenvalue weighted by molar-refractivity contribution is 6.33. The molecule has 2 rings (SSSR count). The molecular weight excluding hydrogens is 383 g/mol. The van der Waals surface area contributed by atoms with Crippen molar-refractivity contribution in [3.8, 4) is 5.75 Å². The summed E-state index contributed by atoms with van der Waals surface area (Å²) in [5.41, 5.74) is -0.565. The van der Waals surface area contributed by atoms with Gasteiger partial charge in [-0.15, -0.1) is 0 Å². The summed E-state index contributed by atoms with van der Waals surface area (Å²) in [5.74, 6) is -2.68. The number of anilines is 1. The highest BCUT2D eigenvalue weighted by Gasteiger charge is 2.24. The summed E-state index contributed by atoms with van der Waals surface area (Å²) in [4.78, 5) is 34.5. The van der Waals surface area contributed by atoms with Crippen molar-refractivity contribution in [3.63, 3.8) is 0 Å². The molecule has 8 nitrogen and oxygen atoms in total. The number of nitro groups is 1. The minimum absolute atomic E-state index is 0.0493. The lowest BCUT2D eigenvalue weighted by Crippen LogP contribution is -2.30. The lowest BCUT2D eigenvalue weighted by Gasteiger charge is -2.15. The molecule has 27 heavy (non-hydrogen) atoms. The van der Waals surface area contributed by atoms with Crippen LogP contribution >= 0.6 is 11.6 Å². The molecule has 0 fully saturated rings. The lowest BCUT2D eigenvalue weighted by atomic mass is 10.2. The Balaban J connectivity index is 2.12. The van der Waals surface area contributed by atoms with Crippen molar-refractivity contribution in [1.82, 2.24) is 0 Å². The first-order chi connectivity index (χ1) is 12.7. The van der Waals surface area contributed by atoms with Crippen molar-refractivity contribution in [2.24, 2.45) is 0 Å². The Hall–Kier alpha value is -3.20. The van der Waals surface area contributed by atoms with Crippen molar-refractivity contribution >= 4 is 34.9 Å². The Morgan fingerprint density at radius 2 is 2.00 bits per heavy atom. The van der Waals surface area contributed by atoms with E-state index in [2.05, 4.69) is 5.32 Å². The number of benzene rings is 2. The van der Waals surface area contributed by atoms with Gasteiger partial charge in [-0.3, -0.25) is 14.9 Å². The van der Waals surface area contributed by atoms with Crippen LogP contribution in [-0.4, -0.2) is 30.0 Å². The zero-order valence-electron chi connectivity index (χ0n) is 14.2. The van der Waals surface area contributed by atoms with Gasteiger partial charge in [-0.25, -0.2) is 9.18 Å². The number of non-ortho nitro benzene ring substituents is 1. The number of nitrogens with zero attached hydrogens (tertiary/aromatic N) is 1. The molecule has 0 aliphatic rings. The van der Waals surface area contributed by atoms with Gasteiger partial charge in [-0.05, 0) is 25.1 Å². The quantitative estimate of drug-likeness (QED) is 0.454. The van der Waals surface area contributed by atoms with E-state index in [1.54, 1.807) is 0 Å².